The lowest BCUT2D eigenvalue weighted by Gasteiger charge is -2.24. The maximum absolute atomic E-state index is 12.9. The molecule has 270 valence electrons. The minimum absolute atomic E-state index is 0.00231. The van der Waals surface area contributed by atoms with Gasteiger partial charge in [0.2, 0.25) is 0 Å². The van der Waals surface area contributed by atoms with Gasteiger partial charge < -0.3 is 17.2 Å². The van der Waals surface area contributed by atoms with E-state index >= 15 is 0 Å². The fourth-order valence-corrected chi connectivity index (χ4v) is 4.80. The fraction of sp³-hybridized carbons (Fsp3) is 0.545. The van der Waals surface area contributed by atoms with Crippen LogP contribution in [0.1, 0.15) is 113 Å². The average molecular weight is 697 g/mol. The van der Waals surface area contributed by atoms with Gasteiger partial charge in [0.05, 0.1) is 33.8 Å². The number of hydrogen-bond acceptors (Lipinski definition) is 6. The normalized spacial score (nSPS) is 12.9. The van der Waals surface area contributed by atoms with Gasteiger partial charge in [0.15, 0.2) is 0 Å². The van der Waals surface area contributed by atoms with E-state index in [9.17, 15) is 39.5 Å². The Kier molecular flexibility index (Phi) is 12.3. The summed E-state index contributed by atoms with van der Waals surface area (Å²) in [4.78, 5) is 11.5. The van der Waals surface area contributed by atoms with Gasteiger partial charge in [0.1, 0.15) is 17.5 Å². The number of nitrogens with two attached hydrogens (primary N) is 3. The van der Waals surface area contributed by atoms with Crippen LogP contribution in [0.2, 0.25) is 0 Å². The lowest BCUT2D eigenvalue weighted by Crippen LogP contribution is -2.23. The number of hydrogen-bond donors (Lipinski definition) is 3. The number of anilines is 3. The molecule has 0 aliphatic rings. The van der Waals surface area contributed by atoms with Crippen LogP contribution in [-0.4, -0.2) is 15.0 Å². The summed E-state index contributed by atoms with van der Waals surface area (Å²) in [7, 11) is 0. The van der Waals surface area contributed by atoms with E-state index in [-0.39, 0.29) is 51.2 Å². The number of aryl methyl sites for hydroxylation is 3. The zero-order chi connectivity index (χ0) is 38.2. The molecule has 15 heteroatoms. The maximum atomic E-state index is 12.9. The zero-order valence-electron chi connectivity index (χ0n) is 29.2. The average Bonchev–Trinajstić information content (AvgIpc) is 2.79. The SMILES string of the molecule is Cc1cc(N)nc(C(C)(C)C)c1C(F)(F)F.Cc1cc(N)nc(C(C)(C)C)c1C(F)(F)F.Cc1cc(N)nc(C(C)(C)C)c1C(F)(F)F. The first-order chi connectivity index (χ1) is 21.1. The highest BCUT2D eigenvalue weighted by atomic mass is 19.4. The molecule has 3 rings (SSSR count). The van der Waals surface area contributed by atoms with Gasteiger partial charge in [0, 0.05) is 16.2 Å². The Balaban J connectivity index is 0.000000360. The largest absolute Gasteiger partial charge is 0.418 e. The number of nitrogens with zero attached hydrogens (tertiary/aromatic N) is 3. The minimum atomic E-state index is -4.40. The van der Waals surface area contributed by atoms with Gasteiger partial charge in [-0.2, -0.15) is 39.5 Å². The van der Waals surface area contributed by atoms with Gasteiger partial charge in [-0.1, -0.05) is 62.3 Å². The van der Waals surface area contributed by atoms with Crippen LogP contribution in [-0.2, 0) is 34.8 Å². The molecule has 0 unspecified atom stereocenters. The maximum Gasteiger partial charge on any atom is 0.418 e. The highest BCUT2D eigenvalue weighted by Gasteiger charge is 2.41. The number of rotatable bonds is 0. The molecule has 0 fully saturated rings. The molecule has 0 saturated heterocycles. The van der Waals surface area contributed by atoms with Crippen molar-refractivity contribution in [1.82, 2.24) is 15.0 Å². The molecule has 6 nitrogen and oxygen atoms in total. The second-order valence-corrected chi connectivity index (χ2v) is 14.5. The Morgan fingerprint density at radius 1 is 0.396 bits per heavy atom. The Morgan fingerprint density at radius 3 is 0.688 bits per heavy atom. The first-order valence-electron chi connectivity index (χ1n) is 14.6. The van der Waals surface area contributed by atoms with Crippen LogP contribution in [0.4, 0.5) is 57.0 Å². The number of aromatic nitrogens is 3. The standard InChI is InChI=1S/3C11H15F3N2/c3*1-6-5-7(15)16-9(10(2,3)4)8(6)11(12,13)14/h3*5H,1-4H3,(H2,15,16). The van der Waals surface area contributed by atoms with E-state index in [1.165, 1.54) is 39.0 Å². The molecule has 48 heavy (non-hydrogen) atoms. The summed E-state index contributed by atoms with van der Waals surface area (Å²) in [5, 5.41) is 0. The molecule has 0 radical (unpaired) electrons. The van der Waals surface area contributed by atoms with Crippen molar-refractivity contribution in [1.29, 1.82) is 0 Å². The van der Waals surface area contributed by atoms with E-state index < -0.39 is 51.5 Å². The smallest absolute Gasteiger partial charge is 0.384 e. The first-order valence-corrected chi connectivity index (χ1v) is 14.6. The Bertz CT molecular complexity index is 1400. The lowest BCUT2D eigenvalue weighted by atomic mass is 9.86. The Hall–Kier alpha value is -3.78. The summed E-state index contributed by atoms with van der Waals surface area (Å²) >= 11 is 0. The van der Waals surface area contributed by atoms with Crippen LogP contribution in [0.5, 0.6) is 0 Å². The topological polar surface area (TPSA) is 117 Å². The molecule has 3 aromatic rings. The van der Waals surface area contributed by atoms with E-state index in [1.807, 2.05) is 0 Å². The molecule has 0 amide bonds. The lowest BCUT2D eigenvalue weighted by molar-refractivity contribution is -0.140. The van der Waals surface area contributed by atoms with Crippen LogP contribution in [0.15, 0.2) is 18.2 Å². The van der Waals surface area contributed by atoms with Crippen LogP contribution >= 0.6 is 0 Å². The third-order valence-corrected chi connectivity index (χ3v) is 6.69. The van der Waals surface area contributed by atoms with E-state index in [1.54, 1.807) is 62.3 Å². The summed E-state index contributed by atoms with van der Waals surface area (Å²) in [6.45, 7) is 19.4. The quantitative estimate of drug-likeness (QED) is 0.202. The molecular formula is C33H45F9N6. The number of pyridine rings is 3. The molecule has 6 N–H and O–H groups in total. The zero-order valence-corrected chi connectivity index (χ0v) is 29.2. The number of nitrogen functional groups attached to an aromatic ring is 3. The molecule has 0 atom stereocenters. The second-order valence-electron chi connectivity index (χ2n) is 14.5. The molecule has 3 aromatic heterocycles. The minimum Gasteiger partial charge on any atom is -0.384 e. The Morgan fingerprint density at radius 2 is 0.562 bits per heavy atom. The third kappa shape index (κ3) is 11.1. The monoisotopic (exact) mass is 696 g/mol. The molecule has 3 heterocycles. The summed E-state index contributed by atoms with van der Waals surface area (Å²) in [5.41, 5.74) is 12.7. The van der Waals surface area contributed by atoms with Crippen molar-refractivity contribution in [2.75, 3.05) is 17.2 Å². The van der Waals surface area contributed by atoms with Gasteiger partial charge in [-0.3, -0.25) is 0 Å². The molecule has 0 aliphatic heterocycles. The summed E-state index contributed by atoms with van der Waals surface area (Å²) < 4.78 is 116. The van der Waals surface area contributed by atoms with Crippen LogP contribution < -0.4 is 17.2 Å². The molecular weight excluding hydrogens is 651 g/mol. The predicted molar refractivity (Wildman–Crippen MR) is 171 cm³/mol. The van der Waals surface area contributed by atoms with Gasteiger partial charge in [0.25, 0.3) is 0 Å². The molecule has 0 saturated carbocycles. The highest BCUT2D eigenvalue weighted by Crippen LogP contribution is 2.41. The van der Waals surface area contributed by atoms with Crippen LogP contribution in [0, 0.1) is 20.8 Å². The summed E-state index contributed by atoms with van der Waals surface area (Å²) in [6, 6.07) is 3.74. The van der Waals surface area contributed by atoms with Crippen LogP contribution in [0.3, 0.4) is 0 Å². The molecule has 0 aromatic carbocycles. The van der Waals surface area contributed by atoms with E-state index in [0.29, 0.717) is 0 Å². The van der Waals surface area contributed by atoms with Gasteiger partial charge >= 0.3 is 18.5 Å². The van der Waals surface area contributed by atoms with Crippen LogP contribution in [0.25, 0.3) is 0 Å². The van der Waals surface area contributed by atoms with Gasteiger partial charge in [-0.15, -0.1) is 0 Å². The van der Waals surface area contributed by atoms with E-state index in [0.717, 1.165) is 0 Å². The molecule has 0 bridgehead atoms. The van der Waals surface area contributed by atoms with Crippen molar-refractivity contribution in [2.45, 2.75) is 118 Å². The van der Waals surface area contributed by atoms with Crippen molar-refractivity contribution in [3.05, 3.63) is 68.7 Å². The van der Waals surface area contributed by atoms with Crippen molar-refractivity contribution in [3.8, 4) is 0 Å². The van der Waals surface area contributed by atoms with Crippen molar-refractivity contribution in [2.24, 2.45) is 0 Å². The molecule has 0 spiro atoms. The Labute approximate surface area is 275 Å². The predicted octanol–water partition coefficient (Wildman–Crippen LogP) is 9.87. The summed E-state index contributed by atoms with van der Waals surface area (Å²) in [5.74, 6) is 0.362. The van der Waals surface area contributed by atoms with E-state index in [4.69, 9.17) is 17.2 Å². The van der Waals surface area contributed by atoms with Crippen molar-refractivity contribution >= 4 is 17.5 Å². The van der Waals surface area contributed by atoms with Crippen molar-refractivity contribution in [3.63, 3.8) is 0 Å². The van der Waals surface area contributed by atoms with Crippen molar-refractivity contribution < 1.29 is 39.5 Å². The fourth-order valence-electron chi connectivity index (χ4n) is 4.80. The highest BCUT2D eigenvalue weighted by molar-refractivity contribution is 5.46. The number of halogens is 9. The molecule has 0 aliphatic carbocycles. The third-order valence-electron chi connectivity index (χ3n) is 6.69. The second kappa shape index (κ2) is 14.0. The van der Waals surface area contributed by atoms with E-state index in [2.05, 4.69) is 15.0 Å². The first kappa shape index (κ1) is 42.2. The van der Waals surface area contributed by atoms with Gasteiger partial charge in [-0.05, 0) is 55.7 Å². The van der Waals surface area contributed by atoms with Gasteiger partial charge in [-0.25, -0.2) is 15.0 Å². The summed E-state index contributed by atoms with van der Waals surface area (Å²) in [6.07, 6.45) is -13.2. The number of alkyl halides is 9.